The third kappa shape index (κ3) is 4.74. The minimum atomic E-state index is -0.233. The van der Waals surface area contributed by atoms with Gasteiger partial charge in [-0.05, 0) is 67.8 Å². The summed E-state index contributed by atoms with van der Waals surface area (Å²) in [5, 5.41) is 0. The van der Waals surface area contributed by atoms with Crippen LogP contribution >= 0.6 is 0 Å². The van der Waals surface area contributed by atoms with Gasteiger partial charge in [-0.15, -0.1) is 0 Å². The number of hydrogen-bond donors (Lipinski definition) is 1. The highest BCUT2D eigenvalue weighted by Gasteiger charge is 2.10. The van der Waals surface area contributed by atoms with Gasteiger partial charge in [0.15, 0.2) is 0 Å². The second-order valence-corrected chi connectivity index (χ2v) is 5.03. The van der Waals surface area contributed by atoms with Gasteiger partial charge in [0.2, 0.25) is 0 Å². The van der Waals surface area contributed by atoms with Crippen molar-refractivity contribution in [2.24, 2.45) is 5.73 Å². The Kier molecular flexibility index (Phi) is 6.22. The monoisotopic (exact) mass is 303 g/mol. The van der Waals surface area contributed by atoms with E-state index in [1.165, 1.54) is 12.1 Å². The predicted octanol–water partition coefficient (Wildman–Crippen LogP) is 3.74. The molecular formula is C18H22FNO2. The van der Waals surface area contributed by atoms with Crippen LogP contribution in [0.25, 0.3) is 0 Å². The Labute approximate surface area is 130 Å². The summed E-state index contributed by atoms with van der Waals surface area (Å²) in [7, 11) is 0. The van der Waals surface area contributed by atoms with Crippen LogP contribution in [0.15, 0.2) is 48.5 Å². The molecule has 0 saturated heterocycles. The average Bonchev–Trinajstić information content (AvgIpc) is 2.53. The second-order valence-electron chi connectivity index (χ2n) is 5.03. The number of hydrogen-bond acceptors (Lipinski definition) is 3. The largest absolute Gasteiger partial charge is 0.494 e. The molecule has 2 rings (SSSR count). The Balaban J connectivity index is 1.86. The summed E-state index contributed by atoms with van der Waals surface area (Å²) in [4.78, 5) is 0. The van der Waals surface area contributed by atoms with Crippen LogP contribution in [0.2, 0.25) is 0 Å². The first-order chi connectivity index (χ1) is 10.7. The average molecular weight is 303 g/mol. The van der Waals surface area contributed by atoms with Crippen LogP contribution in [0.4, 0.5) is 4.39 Å². The molecule has 0 spiro atoms. The first kappa shape index (κ1) is 16.3. The fraction of sp³-hybridized carbons (Fsp3) is 0.333. The zero-order chi connectivity index (χ0) is 15.8. The minimum Gasteiger partial charge on any atom is -0.494 e. The van der Waals surface area contributed by atoms with Gasteiger partial charge >= 0.3 is 0 Å². The van der Waals surface area contributed by atoms with Crippen molar-refractivity contribution in [3.63, 3.8) is 0 Å². The highest BCUT2D eigenvalue weighted by atomic mass is 19.1. The molecule has 0 aliphatic carbocycles. The van der Waals surface area contributed by atoms with Gasteiger partial charge in [0.05, 0.1) is 13.2 Å². The van der Waals surface area contributed by atoms with Crippen molar-refractivity contribution in [3.05, 3.63) is 59.9 Å². The first-order valence-electron chi connectivity index (χ1n) is 7.54. The zero-order valence-electron chi connectivity index (χ0n) is 12.8. The zero-order valence-corrected chi connectivity index (χ0v) is 12.8. The van der Waals surface area contributed by atoms with Crippen LogP contribution in [0.3, 0.4) is 0 Å². The van der Waals surface area contributed by atoms with Gasteiger partial charge < -0.3 is 15.2 Å². The maximum atomic E-state index is 13.3. The van der Waals surface area contributed by atoms with Crippen LogP contribution in [0.5, 0.6) is 11.5 Å². The molecular weight excluding hydrogens is 281 g/mol. The Bertz CT molecular complexity index is 572. The van der Waals surface area contributed by atoms with Crippen molar-refractivity contribution in [1.29, 1.82) is 0 Å². The van der Waals surface area contributed by atoms with E-state index in [1.54, 1.807) is 6.07 Å². The molecule has 0 radical (unpaired) electrons. The SMILES string of the molecule is CCOc1ccc(OCCC(CN)c2cccc(F)c2)cc1. The molecule has 118 valence electrons. The molecule has 1 unspecified atom stereocenters. The molecule has 2 aromatic carbocycles. The molecule has 0 aromatic heterocycles. The lowest BCUT2D eigenvalue weighted by molar-refractivity contribution is 0.296. The highest BCUT2D eigenvalue weighted by molar-refractivity contribution is 5.31. The number of rotatable bonds is 8. The van der Waals surface area contributed by atoms with Gasteiger partial charge in [0, 0.05) is 0 Å². The third-order valence-corrected chi connectivity index (χ3v) is 3.47. The Morgan fingerprint density at radius 2 is 1.73 bits per heavy atom. The Hall–Kier alpha value is -2.07. The number of benzene rings is 2. The van der Waals surface area contributed by atoms with Crippen molar-refractivity contribution >= 4 is 0 Å². The Morgan fingerprint density at radius 3 is 2.32 bits per heavy atom. The van der Waals surface area contributed by atoms with Gasteiger partial charge in [-0.2, -0.15) is 0 Å². The van der Waals surface area contributed by atoms with Crippen molar-refractivity contribution in [2.75, 3.05) is 19.8 Å². The summed E-state index contributed by atoms with van der Waals surface area (Å²) in [5.74, 6) is 1.48. The molecule has 4 heteroatoms. The lowest BCUT2D eigenvalue weighted by atomic mass is 9.96. The van der Waals surface area contributed by atoms with E-state index in [1.807, 2.05) is 37.3 Å². The molecule has 2 aromatic rings. The maximum Gasteiger partial charge on any atom is 0.123 e. The van der Waals surface area contributed by atoms with Crippen LogP contribution in [-0.4, -0.2) is 19.8 Å². The maximum absolute atomic E-state index is 13.3. The standard InChI is InChI=1S/C18H22FNO2/c1-2-21-17-6-8-18(9-7-17)22-11-10-15(13-20)14-4-3-5-16(19)12-14/h3-9,12,15H,2,10-11,13,20H2,1H3. The van der Waals surface area contributed by atoms with E-state index in [0.717, 1.165) is 23.5 Å². The fourth-order valence-corrected chi connectivity index (χ4v) is 2.30. The lowest BCUT2D eigenvalue weighted by Crippen LogP contribution is -2.15. The molecule has 1 atom stereocenters. The normalized spacial score (nSPS) is 12.0. The van der Waals surface area contributed by atoms with Gasteiger partial charge in [0.25, 0.3) is 0 Å². The van der Waals surface area contributed by atoms with Gasteiger partial charge in [0.1, 0.15) is 17.3 Å². The van der Waals surface area contributed by atoms with E-state index in [-0.39, 0.29) is 11.7 Å². The molecule has 0 amide bonds. The van der Waals surface area contributed by atoms with Crippen molar-refractivity contribution in [2.45, 2.75) is 19.3 Å². The van der Waals surface area contributed by atoms with Crippen molar-refractivity contribution in [3.8, 4) is 11.5 Å². The Morgan fingerprint density at radius 1 is 1.05 bits per heavy atom. The van der Waals surface area contributed by atoms with E-state index >= 15 is 0 Å². The number of halogens is 1. The van der Waals surface area contributed by atoms with Crippen molar-refractivity contribution < 1.29 is 13.9 Å². The smallest absolute Gasteiger partial charge is 0.123 e. The molecule has 22 heavy (non-hydrogen) atoms. The summed E-state index contributed by atoms with van der Waals surface area (Å²) < 4.78 is 24.4. The van der Waals surface area contributed by atoms with E-state index in [9.17, 15) is 4.39 Å². The molecule has 0 fully saturated rings. The van der Waals surface area contributed by atoms with Gasteiger partial charge in [-0.3, -0.25) is 0 Å². The number of nitrogens with two attached hydrogens (primary N) is 1. The van der Waals surface area contributed by atoms with Crippen LogP contribution in [-0.2, 0) is 0 Å². The summed E-state index contributed by atoms with van der Waals surface area (Å²) in [6, 6.07) is 14.1. The molecule has 2 N–H and O–H groups in total. The molecule has 0 aliphatic heterocycles. The molecule has 3 nitrogen and oxygen atoms in total. The first-order valence-corrected chi connectivity index (χ1v) is 7.54. The molecule has 0 bridgehead atoms. The van der Waals surface area contributed by atoms with Crippen LogP contribution in [0, 0.1) is 5.82 Å². The summed E-state index contributed by atoms with van der Waals surface area (Å²) >= 11 is 0. The molecule has 0 aliphatic rings. The fourth-order valence-electron chi connectivity index (χ4n) is 2.30. The van der Waals surface area contributed by atoms with Crippen molar-refractivity contribution in [1.82, 2.24) is 0 Å². The molecule has 0 saturated carbocycles. The topological polar surface area (TPSA) is 44.5 Å². The van der Waals surface area contributed by atoms with E-state index in [2.05, 4.69) is 0 Å². The van der Waals surface area contributed by atoms with Gasteiger partial charge in [-0.25, -0.2) is 4.39 Å². The molecule has 0 heterocycles. The summed E-state index contributed by atoms with van der Waals surface area (Å²) in [6.07, 6.45) is 0.743. The van der Waals surface area contributed by atoms with Crippen LogP contribution < -0.4 is 15.2 Å². The second kappa shape index (κ2) is 8.39. The van der Waals surface area contributed by atoms with Crippen LogP contribution in [0.1, 0.15) is 24.8 Å². The quantitative estimate of drug-likeness (QED) is 0.808. The summed E-state index contributed by atoms with van der Waals surface area (Å²) in [5.41, 5.74) is 6.71. The lowest BCUT2D eigenvalue weighted by Gasteiger charge is -2.16. The highest BCUT2D eigenvalue weighted by Crippen LogP contribution is 2.21. The predicted molar refractivity (Wildman–Crippen MR) is 85.9 cm³/mol. The van der Waals surface area contributed by atoms with E-state index < -0.39 is 0 Å². The third-order valence-electron chi connectivity index (χ3n) is 3.47. The number of ether oxygens (including phenoxy) is 2. The van der Waals surface area contributed by atoms with E-state index in [4.69, 9.17) is 15.2 Å². The summed E-state index contributed by atoms with van der Waals surface area (Å²) in [6.45, 7) is 3.60. The minimum absolute atomic E-state index is 0.0957. The van der Waals surface area contributed by atoms with Gasteiger partial charge in [-0.1, -0.05) is 12.1 Å². The van der Waals surface area contributed by atoms with E-state index in [0.29, 0.717) is 19.8 Å².